The van der Waals surface area contributed by atoms with E-state index < -0.39 is 11.2 Å². The van der Waals surface area contributed by atoms with Gasteiger partial charge in [-0.2, -0.15) is 0 Å². The summed E-state index contributed by atoms with van der Waals surface area (Å²) in [5.41, 5.74) is 2.21. The second-order valence-electron chi connectivity index (χ2n) is 8.90. The number of ether oxygens (including phenoxy) is 2. The van der Waals surface area contributed by atoms with Gasteiger partial charge in [0.2, 0.25) is 5.91 Å². The number of carbonyl (C=O) groups is 2. The first kappa shape index (κ1) is 27.9. The number of carbonyl (C=O) groups excluding carboxylic acids is 1. The van der Waals surface area contributed by atoms with Crippen molar-refractivity contribution < 1.29 is 24.2 Å². The summed E-state index contributed by atoms with van der Waals surface area (Å²) >= 11 is 7.70. The molecule has 0 saturated carbocycles. The van der Waals surface area contributed by atoms with Gasteiger partial charge < -0.3 is 19.5 Å². The molecular weight excluding hydrogens is 473 g/mol. The number of carboxylic acid groups (broad SMARTS) is 1. The molecule has 2 aromatic rings. The van der Waals surface area contributed by atoms with E-state index in [-0.39, 0.29) is 52.6 Å². The zero-order chi connectivity index (χ0) is 23.6. The Morgan fingerprint density at radius 3 is 2.39 bits per heavy atom. The zero-order valence-electron chi connectivity index (χ0n) is 19.8. The van der Waals surface area contributed by atoms with Gasteiger partial charge in [0.05, 0.1) is 31.1 Å². The number of rotatable bonds is 6. The van der Waals surface area contributed by atoms with Gasteiger partial charge in [0.1, 0.15) is 11.5 Å². The second kappa shape index (κ2) is 11.4. The minimum absolute atomic E-state index is 0. The summed E-state index contributed by atoms with van der Waals surface area (Å²) < 4.78 is 11.0. The van der Waals surface area contributed by atoms with Crippen LogP contribution in [0.5, 0.6) is 11.5 Å². The third-order valence-corrected chi connectivity index (χ3v) is 6.83. The fourth-order valence-corrected chi connectivity index (χ4v) is 5.45. The fourth-order valence-electron chi connectivity index (χ4n) is 3.78. The molecule has 0 aromatic heterocycles. The molecule has 9 heteroatoms. The number of carboxylic acids is 1. The van der Waals surface area contributed by atoms with Crippen molar-refractivity contribution in [2.24, 2.45) is 5.41 Å². The summed E-state index contributed by atoms with van der Waals surface area (Å²) in [6, 6.07) is 11.0. The maximum absolute atomic E-state index is 13.6. The van der Waals surface area contributed by atoms with Crippen LogP contribution in [-0.4, -0.2) is 72.6 Å². The van der Waals surface area contributed by atoms with Crippen LogP contribution >= 0.6 is 23.4 Å². The molecule has 1 amide bonds. The van der Waals surface area contributed by atoms with Crippen molar-refractivity contribution in [1.82, 2.24) is 0 Å². The topological polar surface area (TPSA) is 76.1 Å². The summed E-state index contributed by atoms with van der Waals surface area (Å²) in [7, 11) is 3.15. The van der Waals surface area contributed by atoms with E-state index in [1.807, 2.05) is 45.0 Å². The van der Waals surface area contributed by atoms with Crippen LogP contribution in [0.25, 0.3) is 0 Å². The summed E-state index contributed by atoms with van der Waals surface area (Å²) in [5, 5.41) is 8.95. The molecule has 173 valence electrons. The Kier molecular flexibility index (Phi) is 9.59. The number of thioether (sulfide) groups is 1. The number of benzene rings is 2. The number of halogens is 1. The first-order chi connectivity index (χ1) is 15.0. The van der Waals surface area contributed by atoms with Crippen LogP contribution in [0, 0.1) is 5.41 Å². The van der Waals surface area contributed by atoms with Crippen LogP contribution < -0.4 is 14.4 Å². The number of hydrogen-bond acceptors (Lipinski definition) is 5. The Balaban J connectivity index is 0.00000385. The van der Waals surface area contributed by atoms with E-state index in [0.717, 1.165) is 16.8 Å². The van der Waals surface area contributed by atoms with Gasteiger partial charge in [-0.3, -0.25) is 9.59 Å². The van der Waals surface area contributed by atoms with Crippen molar-refractivity contribution in [3.05, 3.63) is 52.5 Å². The second-order valence-corrected chi connectivity index (χ2v) is 10.6. The maximum Gasteiger partial charge on any atom is 0.305 e. The van der Waals surface area contributed by atoms with Crippen LogP contribution in [0.1, 0.15) is 43.6 Å². The molecule has 6 nitrogen and oxygen atoms in total. The molecule has 2 aromatic carbocycles. The molecule has 1 heterocycles. The van der Waals surface area contributed by atoms with Gasteiger partial charge in [0.25, 0.3) is 0 Å². The monoisotopic (exact) mass is 500 g/mol. The molecule has 0 fully saturated rings. The van der Waals surface area contributed by atoms with Gasteiger partial charge in [-0.25, -0.2) is 0 Å². The Morgan fingerprint density at radius 2 is 1.82 bits per heavy atom. The van der Waals surface area contributed by atoms with Gasteiger partial charge in [-0.15, -0.1) is 11.8 Å². The predicted molar refractivity (Wildman–Crippen MR) is 134 cm³/mol. The minimum atomic E-state index is -1.02. The molecule has 1 aliphatic rings. The molecular formula is C24H28ClNNaO5S. The van der Waals surface area contributed by atoms with E-state index in [0.29, 0.717) is 23.1 Å². The summed E-state index contributed by atoms with van der Waals surface area (Å²) in [6.07, 6.45) is -0.277. The van der Waals surface area contributed by atoms with Crippen LogP contribution in [0.3, 0.4) is 0 Å². The van der Waals surface area contributed by atoms with Gasteiger partial charge in [0.15, 0.2) is 0 Å². The Morgan fingerprint density at radius 1 is 1.12 bits per heavy atom. The molecule has 0 spiro atoms. The number of anilines is 1. The van der Waals surface area contributed by atoms with E-state index >= 15 is 0 Å². The summed E-state index contributed by atoms with van der Waals surface area (Å²) in [4.78, 5) is 27.0. The van der Waals surface area contributed by atoms with Crippen LogP contribution in [0.2, 0.25) is 5.02 Å². The zero-order valence-corrected chi connectivity index (χ0v) is 23.4. The smallest absolute Gasteiger partial charge is 0.305 e. The van der Waals surface area contributed by atoms with E-state index in [1.165, 1.54) is 11.8 Å². The molecule has 2 atom stereocenters. The largest absolute Gasteiger partial charge is 0.497 e. The summed E-state index contributed by atoms with van der Waals surface area (Å²) in [6.45, 7) is 6.59. The molecule has 1 N–H and O–H groups in total. The van der Waals surface area contributed by atoms with Crippen molar-refractivity contribution >= 4 is 70.5 Å². The normalized spacial score (nSPS) is 18.1. The number of aliphatic carboxylic acids is 1. The average Bonchev–Trinajstić information content (AvgIpc) is 2.82. The SMILES string of the molecule is COc1ccc([C@H]2S[C@H](CC(=O)O)C(=O)N(CC(C)(C)C)c3ccc(Cl)cc32)c(OC)c1.[Na]. The van der Waals surface area contributed by atoms with E-state index in [9.17, 15) is 14.7 Å². The van der Waals surface area contributed by atoms with Gasteiger partial charge in [0, 0.05) is 58.4 Å². The molecule has 1 radical (unpaired) electrons. The van der Waals surface area contributed by atoms with Crippen molar-refractivity contribution in [2.75, 3.05) is 25.7 Å². The number of amides is 1. The van der Waals surface area contributed by atoms with E-state index in [1.54, 1.807) is 31.3 Å². The van der Waals surface area contributed by atoms with Gasteiger partial charge >= 0.3 is 5.97 Å². The van der Waals surface area contributed by atoms with Crippen LogP contribution in [-0.2, 0) is 9.59 Å². The van der Waals surface area contributed by atoms with E-state index in [2.05, 4.69) is 0 Å². The molecule has 3 rings (SSSR count). The van der Waals surface area contributed by atoms with E-state index in [4.69, 9.17) is 21.1 Å². The molecule has 0 aliphatic carbocycles. The van der Waals surface area contributed by atoms with Crippen molar-refractivity contribution in [3.63, 3.8) is 0 Å². The Labute approximate surface area is 226 Å². The molecule has 33 heavy (non-hydrogen) atoms. The number of methoxy groups -OCH3 is 2. The van der Waals surface area contributed by atoms with Gasteiger partial charge in [-0.1, -0.05) is 38.4 Å². The summed E-state index contributed by atoms with van der Waals surface area (Å²) in [5.74, 6) is 0.00324. The minimum Gasteiger partial charge on any atom is -0.497 e. The fraction of sp³-hybridized carbons (Fsp3) is 0.417. The Bertz CT molecular complexity index is 1030. The van der Waals surface area contributed by atoms with Gasteiger partial charge in [-0.05, 0) is 35.2 Å². The predicted octanol–water partition coefficient (Wildman–Crippen LogP) is 5.04. The van der Waals surface area contributed by atoms with Crippen LogP contribution in [0.15, 0.2) is 36.4 Å². The van der Waals surface area contributed by atoms with Crippen molar-refractivity contribution in [2.45, 2.75) is 37.7 Å². The average molecular weight is 501 g/mol. The quantitative estimate of drug-likeness (QED) is 0.560. The molecule has 0 saturated heterocycles. The van der Waals surface area contributed by atoms with Crippen LogP contribution in [0.4, 0.5) is 5.69 Å². The standard InChI is InChI=1S/C24H28ClNO5S.Na/c1-24(2,3)13-26-18-9-6-14(25)10-17(18)22(32-20(23(26)29)12-21(27)28)16-8-7-15(30-4)11-19(16)31-5;/h6-11,20,22H,12-13H2,1-5H3,(H,27,28);/t20-,22-;/m1./s1. The molecule has 0 bridgehead atoms. The Hall–Kier alpha value is -1.38. The molecule has 1 aliphatic heterocycles. The molecule has 0 unspecified atom stereocenters. The number of hydrogen-bond donors (Lipinski definition) is 1. The third-order valence-electron chi connectivity index (χ3n) is 5.12. The van der Waals surface area contributed by atoms with Crippen molar-refractivity contribution in [3.8, 4) is 11.5 Å². The van der Waals surface area contributed by atoms with Crippen molar-refractivity contribution in [1.29, 1.82) is 0 Å². The third kappa shape index (κ3) is 6.61. The first-order valence-corrected chi connectivity index (χ1v) is 11.6. The first-order valence-electron chi connectivity index (χ1n) is 10.2. The maximum atomic E-state index is 13.6. The number of nitrogens with zero attached hydrogens (tertiary/aromatic N) is 1. The number of fused-ring (bicyclic) bond motifs is 1.